The molecule has 2 rings (SSSR count). The quantitative estimate of drug-likeness (QED) is 0.217. The van der Waals surface area contributed by atoms with Gasteiger partial charge in [0.2, 0.25) is 10.3 Å². The Morgan fingerprint density at radius 1 is 0.645 bits per heavy atom. The van der Waals surface area contributed by atoms with Crippen LogP contribution in [0.15, 0.2) is 10.3 Å². The topological polar surface area (TPSA) is 93.7 Å². The van der Waals surface area contributed by atoms with Crippen molar-refractivity contribution in [2.24, 2.45) is 0 Å². The van der Waals surface area contributed by atoms with Crippen molar-refractivity contribution in [3.8, 4) is 0 Å². The first-order valence-corrected chi connectivity index (χ1v) is 14.6. The molecule has 0 radical (unpaired) electrons. The maximum atomic E-state index is 4.13. The van der Waals surface area contributed by atoms with E-state index in [1.165, 1.54) is 23.7 Å². The van der Waals surface area contributed by atoms with Crippen LogP contribution in [0.5, 0.6) is 0 Å². The van der Waals surface area contributed by atoms with Crippen LogP contribution in [0.4, 0.5) is 0 Å². The van der Waals surface area contributed by atoms with E-state index < -0.39 is 0 Å². The summed E-state index contributed by atoms with van der Waals surface area (Å²) >= 11 is 7.53. The van der Waals surface area contributed by atoms with Gasteiger partial charge in [0.25, 0.3) is 0 Å². The molecule has 0 atom stereocenters. The zero-order chi connectivity index (χ0) is 22.3. The summed E-state index contributed by atoms with van der Waals surface area (Å²) in [6.07, 6.45) is 1.17. The van der Waals surface area contributed by atoms with Crippen molar-refractivity contribution in [2.45, 2.75) is 29.8 Å². The number of likely N-dealkylation sites (N-methyl/N-ethyl adjacent to an activating group) is 2. The summed E-state index contributed by atoms with van der Waals surface area (Å²) in [5.41, 5.74) is 0. The second-order valence-electron chi connectivity index (χ2n) is 7.25. The van der Waals surface area contributed by atoms with Gasteiger partial charge >= 0.3 is 0 Å². The molecule has 2 aromatic heterocycles. The lowest BCUT2D eigenvalue weighted by molar-refractivity contribution is 0.361. The Bertz CT molecular complexity index is 650. The minimum absolute atomic E-state index is 0.829. The molecule has 0 spiro atoms. The molecule has 31 heavy (non-hydrogen) atoms. The van der Waals surface area contributed by atoms with E-state index in [1.807, 2.05) is 32.9 Å². The van der Waals surface area contributed by atoms with Crippen LogP contribution >= 0.6 is 47.0 Å². The molecule has 0 aromatic carbocycles. The molecule has 0 aliphatic heterocycles. The van der Waals surface area contributed by atoms with Gasteiger partial charge in [0.1, 0.15) is 0 Å². The molecule has 0 amide bonds. The van der Waals surface area contributed by atoms with Crippen molar-refractivity contribution < 1.29 is 0 Å². The Balaban J connectivity index is 1.43. The highest BCUT2D eigenvalue weighted by Crippen LogP contribution is 2.18. The average molecular weight is 507 g/mol. The standard InChI is InChI=1S/C17H34N10S4/c1-24(2)6-8-26-16(18-20-22-26)30-11-5-10-28-12-13-29-14-15-31-17-19-21-23-27(17)9-7-25(3)4/h5-15H2,1-4H3. The highest BCUT2D eigenvalue weighted by molar-refractivity contribution is 8.04. The van der Waals surface area contributed by atoms with Gasteiger partial charge in [0.15, 0.2) is 0 Å². The first kappa shape index (κ1) is 26.7. The van der Waals surface area contributed by atoms with Crippen LogP contribution in [-0.2, 0) is 13.1 Å². The lowest BCUT2D eigenvalue weighted by atomic mass is 10.6. The highest BCUT2D eigenvalue weighted by Gasteiger charge is 2.08. The molecule has 2 aromatic rings. The van der Waals surface area contributed by atoms with Gasteiger partial charge in [-0.1, -0.05) is 23.5 Å². The van der Waals surface area contributed by atoms with Gasteiger partial charge < -0.3 is 9.80 Å². The van der Waals surface area contributed by atoms with Crippen LogP contribution in [0, 0.1) is 0 Å². The third-order valence-electron chi connectivity index (χ3n) is 4.01. The number of nitrogens with zero attached hydrogens (tertiary/aromatic N) is 10. The predicted octanol–water partition coefficient (Wildman–Crippen LogP) is 1.52. The van der Waals surface area contributed by atoms with E-state index in [4.69, 9.17) is 0 Å². The molecule has 0 N–H and O–H groups in total. The van der Waals surface area contributed by atoms with Gasteiger partial charge in [-0.3, -0.25) is 0 Å². The Morgan fingerprint density at radius 3 is 1.68 bits per heavy atom. The van der Waals surface area contributed by atoms with Crippen LogP contribution in [0.1, 0.15) is 6.42 Å². The van der Waals surface area contributed by atoms with E-state index in [0.29, 0.717) is 0 Å². The summed E-state index contributed by atoms with van der Waals surface area (Å²) in [5.74, 6) is 6.78. The average Bonchev–Trinajstić information content (AvgIpc) is 3.37. The fourth-order valence-electron chi connectivity index (χ4n) is 2.31. The molecule has 10 nitrogen and oxygen atoms in total. The van der Waals surface area contributed by atoms with Crippen LogP contribution in [0.25, 0.3) is 0 Å². The second kappa shape index (κ2) is 16.1. The molecule has 0 saturated heterocycles. The van der Waals surface area contributed by atoms with Crippen LogP contribution in [0.2, 0.25) is 0 Å². The lowest BCUT2D eigenvalue weighted by Crippen LogP contribution is -2.19. The smallest absolute Gasteiger partial charge is 0.209 e. The van der Waals surface area contributed by atoms with Crippen LogP contribution in [0.3, 0.4) is 0 Å². The fraction of sp³-hybridized carbons (Fsp3) is 0.882. The van der Waals surface area contributed by atoms with E-state index in [0.717, 1.165) is 53.8 Å². The van der Waals surface area contributed by atoms with Gasteiger partial charge in [0, 0.05) is 41.9 Å². The number of aromatic nitrogens is 8. The molecule has 0 saturated carbocycles. The Hall–Kier alpha value is -0.540. The van der Waals surface area contributed by atoms with E-state index in [1.54, 1.807) is 23.5 Å². The normalized spacial score (nSPS) is 11.8. The van der Waals surface area contributed by atoms with E-state index >= 15 is 0 Å². The third kappa shape index (κ3) is 11.8. The number of rotatable bonds is 18. The van der Waals surface area contributed by atoms with Crippen molar-refractivity contribution in [2.75, 3.05) is 75.8 Å². The van der Waals surface area contributed by atoms with E-state index in [2.05, 4.69) is 69.0 Å². The van der Waals surface area contributed by atoms with Crippen LogP contribution < -0.4 is 0 Å². The molecule has 14 heteroatoms. The van der Waals surface area contributed by atoms with Gasteiger partial charge in [0.05, 0.1) is 13.1 Å². The maximum Gasteiger partial charge on any atom is 0.209 e. The van der Waals surface area contributed by atoms with Crippen molar-refractivity contribution >= 4 is 47.0 Å². The second-order valence-corrected chi connectivity index (χ2v) is 11.8. The van der Waals surface area contributed by atoms with Crippen molar-refractivity contribution in [1.82, 2.24) is 50.2 Å². The van der Waals surface area contributed by atoms with Gasteiger partial charge in [-0.2, -0.15) is 23.5 Å². The monoisotopic (exact) mass is 506 g/mol. The zero-order valence-corrected chi connectivity index (χ0v) is 22.1. The summed E-state index contributed by atoms with van der Waals surface area (Å²) in [6.45, 7) is 3.54. The molecule has 0 aliphatic carbocycles. The predicted molar refractivity (Wildman–Crippen MR) is 133 cm³/mol. The molecular weight excluding hydrogens is 473 g/mol. The molecular formula is C17H34N10S4. The molecule has 0 unspecified atom stereocenters. The van der Waals surface area contributed by atoms with E-state index in [-0.39, 0.29) is 0 Å². The van der Waals surface area contributed by atoms with Gasteiger partial charge in [-0.15, -0.1) is 10.2 Å². The maximum absolute atomic E-state index is 4.13. The minimum Gasteiger partial charge on any atom is -0.308 e. The Morgan fingerprint density at radius 2 is 1.13 bits per heavy atom. The summed E-state index contributed by atoms with van der Waals surface area (Å²) in [4.78, 5) is 4.27. The van der Waals surface area contributed by atoms with Crippen molar-refractivity contribution in [3.05, 3.63) is 0 Å². The first-order valence-electron chi connectivity index (χ1n) is 10.3. The highest BCUT2D eigenvalue weighted by atomic mass is 32.2. The zero-order valence-electron chi connectivity index (χ0n) is 18.9. The fourth-order valence-corrected chi connectivity index (χ4v) is 6.39. The van der Waals surface area contributed by atoms with Crippen LogP contribution in [-0.4, -0.2) is 126 Å². The molecule has 2 heterocycles. The Labute approximate surface area is 202 Å². The Kier molecular flexibility index (Phi) is 13.9. The van der Waals surface area contributed by atoms with Gasteiger partial charge in [-0.05, 0) is 61.2 Å². The number of thioether (sulfide) groups is 4. The molecule has 176 valence electrons. The minimum atomic E-state index is 0.829. The van der Waals surface area contributed by atoms with E-state index in [9.17, 15) is 0 Å². The van der Waals surface area contributed by atoms with Crippen molar-refractivity contribution in [1.29, 1.82) is 0 Å². The lowest BCUT2D eigenvalue weighted by Gasteiger charge is -2.09. The molecule has 0 aliphatic rings. The SMILES string of the molecule is CN(C)CCn1nnnc1SCCCSCCSCCSc1nnnn1CCN(C)C. The molecule has 0 fully saturated rings. The van der Waals surface area contributed by atoms with Gasteiger partial charge in [-0.25, -0.2) is 9.36 Å². The summed E-state index contributed by atoms with van der Waals surface area (Å²) < 4.78 is 3.79. The number of tetrazole rings is 2. The molecule has 0 bridgehead atoms. The summed E-state index contributed by atoms with van der Waals surface area (Å²) in [6, 6.07) is 0. The number of hydrogen-bond acceptors (Lipinski definition) is 12. The number of hydrogen-bond donors (Lipinski definition) is 0. The summed E-state index contributed by atoms with van der Waals surface area (Å²) in [7, 11) is 8.23. The first-order chi connectivity index (χ1) is 15.1. The third-order valence-corrected chi connectivity index (χ3v) is 8.59. The summed E-state index contributed by atoms with van der Waals surface area (Å²) in [5, 5.41) is 25.8. The largest absolute Gasteiger partial charge is 0.308 e. The van der Waals surface area contributed by atoms with Crippen molar-refractivity contribution in [3.63, 3.8) is 0 Å².